The monoisotopic (exact) mass is 269 g/mol. The molecule has 1 amide bonds. The van der Waals surface area contributed by atoms with E-state index in [-0.39, 0.29) is 17.2 Å². The summed E-state index contributed by atoms with van der Waals surface area (Å²) >= 11 is 0. The molecule has 1 saturated carbocycles. The second-order valence-electron chi connectivity index (χ2n) is 6.99. The summed E-state index contributed by atoms with van der Waals surface area (Å²) in [6.45, 7) is 11.1. The van der Waals surface area contributed by atoms with Gasteiger partial charge < -0.3 is 10.4 Å². The van der Waals surface area contributed by atoms with Crippen LogP contribution in [0.4, 0.5) is 0 Å². The largest absolute Gasteiger partial charge is 0.481 e. The number of aliphatic carboxylic acids is 1. The summed E-state index contributed by atoms with van der Waals surface area (Å²) in [6.07, 6.45) is 1.30. The van der Waals surface area contributed by atoms with Crippen molar-refractivity contribution in [1.29, 1.82) is 0 Å². The molecule has 0 aromatic heterocycles. The summed E-state index contributed by atoms with van der Waals surface area (Å²) in [4.78, 5) is 23.4. The first-order valence-electron chi connectivity index (χ1n) is 7.15. The number of hydrogen-bond donors (Lipinski definition) is 2. The minimum Gasteiger partial charge on any atom is -0.481 e. The van der Waals surface area contributed by atoms with E-state index in [2.05, 4.69) is 33.0 Å². The smallest absolute Gasteiger partial charge is 0.307 e. The van der Waals surface area contributed by atoms with Gasteiger partial charge in [0.2, 0.25) is 5.91 Å². The molecule has 0 aromatic carbocycles. The van der Waals surface area contributed by atoms with Gasteiger partial charge in [-0.15, -0.1) is 0 Å². The Labute approximate surface area is 116 Å². The molecule has 0 spiro atoms. The van der Waals surface area contributed by atoms with Crippen molar-refractivity contribution in [3.05, 3.63) is 0 Å². The summed E-state index contributed by atoms with van der Waals surface area (Å²) in [5, 5.41) is 12.1. The molecular weight excluding hydrogens is 242 g/mol. The zero-order valence-electron chi connectivity index (χ0n) is 12.7. The lowest BCUT2D eigenvalue weighted by Crippen LogP contribution is -2.41. The molecule has 2 N–H and O–H groups in total. The molecule has 0 bridgehead atoms. The molecule has 110 valence electrons. The van der Waals surface area contributed by atoms with E-state index in [0.29, 0.717) is 31.2 Å². The fourth-order valence-corrected chi connectivity index (χ4v) is 2.50. The maximum atomic E-state index is 12.2. The van der Waals surface area contributed by atoms with E-state index in [9.17, 15) is 14.7 Å². The highest BCUT2D eigenvalue weighted by Crippen LogP contribution is 2.36. The topological polar surface area (TPSA) is 66.4 Å². The Morgan fingerprint density at radius 3 is 2.26 bits per heavy atom. The second kappa shape index (κ2) is 5.93. The van der Waals surface area contributed by atoms with Crippen LogP contribution in [0, 0.1) is 29.1 Å². The Morgan fingerprint density at radius 2 is 1.79 bits per heavy atom. The fourth-order valence-electron chi connectivity index (χ4n) is 2.50. The van der Waals surface area contributed by atoms with Crippen molar-refractivity contribution < 1.29 is 14.7 Å². The average Bonchev–Trinajstić information content (AvgIpc) is 2.68. The molecule has 1 aliphatic rings. The third-order valence-corrected chi connectivity index (χ3v) is 4.73. The Hall–Kier alpha value is -1.06. The average molecular weight is 269 g/mol. The maximum absolute atomic E-state index is 12.2. The number of amides is 1. The van der Waals surface area contributed by atoms with Crippen LogP contribution in [0.2, 0.25) is 0 Å². The van der Waals surface area contributed by atoms with Gasteiger partial charge in [-0.25, -0.2) is 0 Å². The van der Waals surface area contributed by atoms with Crippen LogP contribution in [0.15, 0.2) is 0 Å². The van der Waals surface area contributed by atoms with Gasteiger partial charge in [-0.1, -0.05) is 34.6 Å². The van der Waals surface area contributed by atoms with Gasteiger partial charge in [-0.05, 0) is 30.1 Å². The molecule has 0 aliphatic heterocycles. The number of carboxylic acids is 1. The van der Waals surface area contributed by atoms with Gasteiger partial charge in [0.05, 0.1) is 11.8 Å². The molecule has 19 heavy (non-hydrogen) atoms. The van der Waals surface area contributed by atoms with Crippen LogP contribution in [-0.2, 0) is 9.59 Å². The molecule has 0 saturated heterocycles. The molecule has 4 nitrogen and oxygen atoms in total. The van der Waals surface area contributed by atoms with Gasteiger partial charge in [0.1, 0.15) is 0 Å². The third kappa shape index (κ3) is 3.95. The standard InChI is InChI=1S/C15H27NO3/c1-9(2)15(4,5)8-16-13(17)11-6-10(3)7-12(11)14(18)19/h9-12H,6-8H2,1-5H3,(H,16,17)(H,18,19). The van der Waals surface area contributed by atoms with Crippen molar-refractivity contribution in [2.45, 2.75) is 47.5 Å². The number of carboxylic acid groups (broad SMARTS) is 1. The van der Waals surface area contributed by atoms with E-state index in [1.165, 1.54) is 0 Å². The van der Waals surface area contributed by atoms with E-state index in [0.717, 1.165) is 0 Å². The first-order valence-corrected chi connectivity index (χ1v) is 7.15. The summed E-state index contributed by atoms with van der Waals surface area (Å²) in [7, 11) is 0. The number of nitrogens with one attached hydrogen (secondary N) is 1. The first-order chi connectivity index (χ1) is 8.65. The van der Waals surface area contributed by atoms with Crippen molar-refractivity contribution >= 4 is 11.9 Å². The van der Waals surface area contributed by atoms with Crippen molar-refractivity contribution in [1.82, 2.24) is 5.32 Å². The zero-order chi connectivity index (χ0) is 14.8. The van der Waals surface area contributed by atoms with Crippen molar-refractivity contribution in [3.63, 3.8) is 0 Å². The fraction of sp³-hybridized carbons (Fsp3) is 0.867. The van der Waals surface area contributed by atoms with Crippen LogP contribution in [-0.4, -0.2) is 23.5 Å². The third-order valence-electron chi connectivity index (χ3n) is 4.73. The van der Waals surface area contributed by atoms with Gasteiger partial charge in [-0.2, -0.15) is 0 Å². The molecule has 0 aromatic rings. The highest BCUT2D eigenvalue weighted by atomic mass is 16.4. The van der Waals surface area contributed by atoms with E-state index in [1.54, 1.807) is 0 Å². The summed E-state index contributed by atoms with van der Waals surface area (Å²) in [5.41, 5.74) is 0.0264. The van der Waals surface area contributed by atoms with Gasteiger partial charge in [0.15, 0.2) is 0 Å². The lowest BCUT2D eigenvalue weighted by atomic mass is 9.81. The molecule has 1 aliphatic carbocycles. The van der Waals surface area contributed by atoms with Crippen LogP contribution in [0.25, 0.3) is 0 Å². The molecule has 3 unspecified atom stereocenters. The van der Waals surface area contributed by atoms with Crippen molar-refractivity contribution in [3.8, 4) is 0 Å². The van der Waals surface area contributed by atoms with Crippen LogP contribution in [0.3, 0.4) is 0 Å². The quantitative estimate of drug-likeness (QED) is 0.806. The molecule has 0 heterocycles. The summed E-state index contributed by atoms with van der Waals surface area (Å²) in [6, 6.07) is 0. The predicted octanol–water partition coefficient (Wildman–Crippen LogP) is 2.53. The number of carbonyl (C=O) groups is 2. The minimum absolute atomic E-state index is 0.0264. The molecule has 4 heteroatoms. The Bertz CT molecular complexity index is 349. The molecular formula is C15H27NO3. The van der Waals surface area contributed by atoms with Gasteiger partial charge in [-0.3, -0.25) is 9.59 Å². The van der Waals surface area contributed by atoms with Crippen LogP contribution in [0.5, 0.6) is 0 Å². The lowest BCUT2D eigenvalue weighted by Gasteiger charge is -2.30. The number of hydrogen-bond acceptors (Lipinski definition) is 2. The Morgan fingerprint density at radius 1 is 1.26 bits per heavy atom. The van der Waals surface area contributed by atoms with Gasteiger partial charge >= 0.3 is 5.97 Å². The van der Waals surface area contributed by atoms with Crippen LogP contribution < -0.4 is 5.32 Å². The van der Waals surface area contributed by atoms with Crippen molar-refractivity contribution in [2.24, 2.45) is 29.1 Å². The van der Waals surface area contributed by atoms with E-state index < -0.39 is 11.9 Å². The van der Waals surface area contributed by atoms with Crippen LogP contribution in [0.1, 0.15) is 47.5 Å². The molecule has 3 atom stereocenters. The summed E-state index contributed by atoms with van der Waals surface area (Å²) in [5.74, 6) is -1.04. The van der Waals surface area contributed by atoms with Crippen molar-refractivity contribution in [2.75, 3.05) is 6.54 Å². The number of rotatable bonds is 5. The van der Waals surface area contributed by atoms with Crippen LogP contribution >= 0.6 is 0 Å². The SMILES string of the molecule is CC1CC(C(=O)O)C(C(=O)NCC(C)(C)C(C)C)C1. The van der Waals surface area contributed by atoms with E-state index in [1.807, 2.05) is 6.92 Å². The molecule has 0 radical (unpaired) electrons. The number of carbonyl (C=O) groups excluding carboxylic acids is 1. The first kappa shape index (κ1) is 16.0. The van der Waals surface area contributed by atoms with Gasteiger partial charge in [0.25, 0.3) is 0 Å². The predicted molar refractivity (Wildman–Crippen MR) is 74.6 cm³/mol. The summed E-state index contributed by atoms with van der Waals surface area (Å²) < 4.78 is 0. The van der Waals surface area contributed by atoms with E-state index >= 15 is 0 Å². The minimum atomic E-state index is -0.840. The van der Waals surface area contributed by atoms with E-state index in [4.69, 9.17) is 0 Å². The Kier molecular flexibility index (Phi) is 4.99. The normalized spacial score (nSPS) is 27.6. The zero-order valence-corrected chi connectivity index (χ0v) is 12.7. The lowest BCUT2D eigenvalue weighted by molar-refractivity contribution is -0.146. The highest BCUT2D eigenvalue weighted by Gasteiger charge is 2.41. The second-order valence-corrected chi connectivity index (χ2v) is 6.99. The van der Waals surface area contributed by atoms with Gasteiger partial charge in [0, 0.05) is 6.54 Å². The molecule has 1 rings (SSSR count). The maximum Gasteiger partial charge on any atom is 0.307 e. The highest BCUT2D eigenvalue weighted by molar-refractivity contribution is 5.85. The molecule has 1 fully saturated rings. The Balaban J connectivity index is 2.60.